The smallest absolute Gasteiger partial charge is 0.0555 e. The van der Waals surface area contributed by atoms with Crippen molar-refractivity contribution in [2.24, 2.45) is 0 Å². The molecule has 4 aliphatic heterocycles. The summed E-state index contributed by atoms with van der Waals surface area (Å²) in [5, 5.41) is 0. The fraction of sp³-hybridized carbons (Fsp3) is 1.00. The predicted molar refractivity (Wildman–Crippen MR) is 43.8 cm³/mol. The summed E-state index contributed by atoms with van der Waals surface area (Å²) >= 11 is 0. The van der Waals surface area contributed by atoms with Gasteiger partial charge >= 0.3 is 0 Å². The van der Waals surface area contributed by atoms with Gasteiger partial charge in [0.15, 0.2) is 0 Å². The number of hydrogen-bond acceptors (Lipinski definition) is 4. The van der Waals surface area contributed by atoms with Crippen molar-refractivity contribution in [3.05, 3.63) is 0 Å². The minimum atomic E-state index is 0. The maximum atomic E-state index is 2.47. The van der Waals surface area contributed by atoms with Gasteiger partial charge in [0.05, 0.1) is 40.0 Å². The third kappa shape index (κ3) is 1.63. The fourth-order valence-electron chi connectivity index (χ4n) is 2.23. The number of halogens is 1. The summed E-state index contributed by atoms with van der Waals surface area (Å²) in [6.45, 7) is 7.12. The van der Waals surface area contributed by atoms with Gasteiger partial charge in [-0.3, -0.25) is 19.6 Å². The molecule has 0 aliphatic carbocycles. The van der Waals surface area contributed by atoms with Crippen molar-refractivity contribution in [3.63, 3.8) is 0 Å². The summed E-state index contributed by atoms with van der Waals surface area (Å²) in [6, 6.07) is 0. The molecule has 0 N–H and O–H groups in total. The van der Waals surface area contributed by atoms with Gasteiger partial charge in [0, 0.05) is 17.1 Å². The van der Waals surface area contributed by atoms with E-state index in [2.05, 4.69) is 19.6 Å². The monoisotopic (exact) mass is 232 g/mol. The Kier molecular flexibility index (Phi) is 3.40. The predicted octanol–water partition coefficient (Wildman–Crippen LogP) is -0.601. The summed E-state index contributed by atoms with van der Waals surface area (Å²) in [6.07, 6.45) is 0. The van der Waals surface area contributed by atoms with E-state index in [9.17, 15) is 0 Å². The van der Waals surface area contributed by atoms with E-state index < -0.39 is 0 Å². The van der Waals surface area contributed by atoms with Gasteiger partial charge < -0.3 is 0 Å². The van der Waals surface area contributed by atoms with Crippen molar-refractivity contribution >= 4 is 12.4 Å². The van der Waals surface area contributed by atoms with Crippen LogP contribution in [0.5, 0.6) is 0 Å². The average Bonchev–Trinajstić information content (AvgIpc) is 1.82. The molecule has 0 aromatic heterocycles. The van der Waals surface area contributed by atoms with Gasteiger partial charge in [-0.2, -0.15) is 0 Å². The van der Waals surface area contributed by atoms with Gasteiger partial charge in [-0.25, -0.2) is 0 Å². The van der Waals surface area contributed by atoms with E-state index in [0.29, 0.717) is 0 Å². The Bertz CT molecular complexity index is 111. The molecular formula is C6H13ClFeN4. The minimum Gasteiger partial charge on any atom is -0.264 e. The van der Waals surface area contributed by atoms with E-state index >= 15 is 0 Å². The van der Waals surface area contributed by atoms with Crippen LogP contribution < -0.4 is 0 Å². The van der Waals surface area contributed by atoms with E-state index in [1.165, 1.54) is 40.0 Å². The first-order valence-electron chi connectivity index (χ1n) is 3.79. The van der Waals surface area contributed by atoms with Crippen LogP contribution in [0.1, 0.15) is 0 Å². The molecule has 4 fully saturated rings. The summed E-state index contributed by atoms with van der Waals surface area (Å²) in [5.41, 5.74) is 0. The molecule has 0 aromatic carbocycles. The van der Waals surface area contributed by atoms with Crippen molar-refractivity contribution in [2.75, 3.05) is 40.0 Å². The molecule has 12 heavy (non-hydrogen) atoms. The van der Waals surface area contributed by atoms with Crippen LogP contribution in [-0.2, 0) is 17.1 Å². The molecule has 6 heteroatoms. The standard InChI is InChI=1S/C6H12N4.ClH.Fe/c1-7-2-9-4-8(1)5-10(3-7)6-9;;/h1-6H2;1H;. The first kappa shape index (κ1) is 10.7. The second kappa shape index (κ2) is 3.80. The van der Waals surface area contributed by atoms with Gasteiger partial charge in [0.1, 0.15) is 0 Å². The first-order chi connectivity index (χ1) is 4.90. The summed E-state index contributed by atoms with van der Waals surface area (Å²) in [4.78, 5) is 9.88. The van der Waals surface area contributed by atoms with E-state index in [1.807, 2.05) is 0 Å². The maximum Gasteiger partial charge on any atom is 0.0555 e. The zero-order valence-corrected chi connectivity index (χ0v) is 8.71. The molecule has 0 aromatic rings. The topological polar surface area (TPSA) is 13.0 Å². The Balaban J connectivity index is 0.000000360. The molecule has 72 valence electrons. The Hall–Kier alpha value is 0.649. The molecule has 0 saturated carbocycles. The Morgan fingerprint density at radius 3 is 0.833 bits per heavy atom. The fourth-order valence-corrected chi connectivity index (χ4v) is 2.23. The molecule has 4 bridgehead atoms. The van der Waals surface area contributed by atoms with Crippen LogP contribution in [0.4, 0.5) is 0 Å². The Morgan fingerprint density at radius 2 is 0.667 bits per heavy atom. The second-order valence-electron chi connectivity index (χ2n) is 3.53. The van der Waals surface area contributed by atoms with Crippen molar-refractivity contribution in [1.29, 1.82) is 0 Å². The van der Waals surface area contributed by atoms with Gasteiger partial charge in [0.2, 0.25) is 0 Å². The van der Waals surface area contributed by atoms with E-state index in [4.69, 9.17) is 0 Å². The van der Waals surface area contributed by atoms with Crippen LogP contribution >= 0.6 is 12.4 Å². The van der Waals surface area contributed by atoms with Crippen LogP contribution in [-0.4, -0.2) is 59.6 Å². The quantitative estimate of drug-likeness (QED) is 0.517. The molecule has 0 unspecified atom stereocenters. The third-order valence-corrected chi connectivity index (χ3v) is 2.40. The normalized spacial score (nSPS) is 48.0. The Labute approximate surface area is 89.3 Å². The molecule has 4 aliphatic rings. The SMILES string of the molecule is C1N2CN3CN1CN(C2)C3.Cl.[Fe]. The summed E-state index contributed by atoms with van der Waals surface area (Å²) < 4.78 is 0. The molecule has 0 spiro atoms. The molecular weight excluding hydrogens is 219 g/mol. The van der Waals surface area contributed by atoms with E-state index in [1.54, 1.807) is 0 Å². The zero-order chi connectivity index (χ0) is 6.55. The van der Waals surface area contributed by atoms with Crippen LogP contribution in [0.2, 0.25) is 0 Å². The number of nitrogens with zero attached hydrogens (tertiary/aromatic N) is 4. The zero-order valence-electron chi connectivity index (χ0n) is 6.79. The van der Waals surface area contributed by atoms with E-state index in [-0.39, 0.29) is 29.5 Å². The van der Waals surface area contributed by atoms with Gasteiger partial charge in [-0.15, -0.1) is 12.4 Å². The van der Waals surface area contributed by atoms with Crippen molar-refractivity contribution in [1.82, 2.24) is 19.6 Å². The van der Waals surface area contributed by atoms with Crippen LogP contribution in [0.25, 0.3) is 0 Å². The summed E-state index contributed by atoms with van der Waals surface area (Å²) in [5.74, 6) is 0. The van der Waals surface area contributed by atoms with Crippen LogP contribution in [0, 0.1) is 0 Å². The molecule has 4 heterocycles. The largest absolute Gasteiger partial charge is 0.264 e. The first-order valence-corrected chi connectivity index (χ1v) is 3.79. The molecule has 0 radical (unpaired) electrons. The van der Waals surface area contributed by atoms with Crippen molar-refractivity contribution < 1.29 is 17.1 Å². The Morgan fingerprint density at radius 1 is 0.500 bits per heavy atom. The van der Waals surface area contributed by atoms with Gasteiger partial charge in [0.25, 0.3) is 0 Å². The number of hydrogen-bond donors (Lipinski definition) is 0. The van der Waals surface area contributed by atoms with Crippen LogP contribution in [0.3, 0.4) is 0 Å². The molecule has 0 atom stereocenters. The van der Waals surface area contributed by atoms with Crippen molar-refractivity contribution in [2.45, 2.75) is 0 Å². The maximum absolute atomic E-state index is 2.47. The second-order valence-corrected chi connectivity index (χ2v) is 3.53. The van der Waals surface area contributed by atoms with E-state index in [0.717, 1.165) is 0 Å². The van der Waals surface area contributed by atoms with Crippen molar-refractivity contribution in [3.8, 4) is 0 Å². The molecule has 4 saturated heterocycles. The average molecular weight is 232 g/mol. The molecule has 4 rings (SSSR count). The van der Waals surface area contributed by atoms with Gasteiger partial charge in [-0.1, -0.05) is 0 Å². The molecule has 0 amide bonds. The number of rotatable bonds is 0. The third-order valence-electron chi connectivity index (χ3n) is 2.40. The molecule has 4 nitrogen and oxygen atoms in total. The summed E-state index contributed by atoms with van der Waals surface area (Å²) in [7, 11) is 0. The van der Waals surface area contributed by atoms with Gasteiger partial charge in [-0.05, 0) is 0 Å². The minimum absolute atomic E-state index is 0. The van der Waals surface area contributed by atoms with Crippen LogP contribution in [0.15, 0.2) is 0 Å².